The Kier molecular flexibility index (Phi) is 12.6. The Morgan fingerprint density at radius 3 is 1.81 bits per heavy atom. The van der Waals surface area contributed by atoms with Gasteiger partial charge in [0.2, 0.25) is 0 Å². The lowest BCUT2D eigenvalue weighted by Crippen LogP contribution is -2.50. The van der Waals surface area contributed by atoms with Gasteiger partial charge in [0.1, 0.15) is 0 Å². The summed E-state index contributed by atoms with van der Waals surface area (Å²) in [7, 11) is 0. The molecule has 0 saturated heterocycles. The highest BCUT2D eigenvalue weighted by atomic mass is 35.5. The number of halogens is 4. The Morgan fingerprint density at radius 2 is 1.42 bits per heavy atom. The highest BCUT2D eigenvalue weighted by molar-refractivity contribution is 6.67. The average Bonchev–Trinajstić information content (AvgIpc) is 2.54. The van der Waals surface area contributed by atoms with Crippen LogP contribution in [0, 0.1) is 0 Å². The van der Waals surface area contributed by atoms with Crippen LogP contribution in [0.2, 0.25) is 5.02 Å². The summed E-state index contributed by atoms with van der Waals surface area (Å²) in [5.74, 6) is 5.49. The van der Waals surface area contributed by atoms with Gasteiger partial charge in [-0.3, -0.25) is 14.6 Å². The smallest absolute Gasteiger partial charge is 0.268 e. The van der Waals surface area contributed by atoms with Gasteiger partial charge in [-0.2, -0.15) is 0 Å². The zero-order valence-electron chi connectivity index (χ0n) is 14.6. The van der Waals surface area contributed by atoms with E-state index in [9.17, 15) is 9.59 Å². The van der Waals surface area contributed by atoms with Crippen LogP contribution in [0.15, 0.2) is 54.6 Å². The van der Waals surface area contributed by atoms with Crippen molar-refractivity contribution >= 4 is 59.2 Å². The van der Waals surface area contributed by atoms with Gasteiger partial charge in [0.05, 0.1) is 5.54 Å². The molecule has 144 valence electrons. The van der Waals surface area contributed by atoms with Gasteiger partial charge in [-0.1, -0.05) is 48.0 Å². The van der Waals surface area contributed by atoms with Crippen molar-refractivity contribution in [3.8, 4) is 0 Å². The first-order valence-corrected chi connectivity index (χ1v) is 7.98. The van der Waals surface area contributed by atoms with Crippen molar-refractivity contribution in [1.29, 1.82) is 0 Å². The molecule has 2 aromatic rings. The van der Waals surface area contributed by atoms with Gasteiger partial charge in [0, 0.05) is 16.1 Å². The summed E-state index contributed by atoms with van der Waals surface area (Å²) in [6, 6.07) is 15.5. The van der Waals surface area contributed by atoms with E-state index < -0.39 is 10.8 Å². The second-order valence-corrected chi connectivity index (χ2v) is 6.78. The van der Waals surface area contributed by atoms with E-state index in [1.165, 1.54) is 5.01 Å². The van der Waals surface area contributed by atoms with Gasteiger partial charge >= 0.3 is 0 Å². The fraction of sp³-hybridized carbons (Fsp3) is 0.222. The molecule has 2 N–H and O–H groups in total. The van der Waals surface area contributed by atoms with Crippen LogP contribution < -0.4 is 5.84 Å². The fourth-order valence-corrected chi connectivity index (χ4v) is 1.95. The number of nitrogens with zero attached hydrogens (tertiary/aromatic N) is 1. The summed E-state index contributed by atoms with van der Waals surface area (Å²) in [6.07, 6.45) is 0. The maximum absolute atomic E-state index is 11.9. The average molecular weight is 440 g/mol. The quantitative estimate of drug-likeness (QED) is 0.296. The molecule has 0 atom stereocenters. The SMILES string of the molecule is CC(C)(C)N(N)C(=O)c1cccc(Cl)c1.Cl.Cl.O=C(Cl)c1ccccc1. The van der Waals surface area contributed by atoms with E-state index in [-0.39, 0.29) is 30.7 Å². The Labute approximate surface area is 176 Å². The molecule has 0 unspecified atom stereocenters. The molecule has 2 rings (SSSR count). The maximum Gasteiger partial charge on any atom is 0.268 e. The normalized spacial score (nSPS) is 9.62. The molecule has 2 aromatic carbocycles. The molecule has 0 aliphatic carbocycles. The molecule has 0 aliphatic heterocycles. The van der Waals surface area contributed by atoms with Crippen LogP contribution in [0.1, 0.15) is 41.5 Å². The minimum Gasteiger partial charge on any atom is -0.276 e. The lowest BCUT2D eigenvalue weighted by Gasteiger charge is -2.31. The maximum atomic E-state index is 11.9. The first-order chi connectivity index (χ1) is 11.1. The number of hydrogen-bond acceptors (Lipinski definition) is 3. The molecule has 0 heterocycles. The minimum atomic E-state index is -0.407. The molecule has 0 aromatic heterocycles. The highest BCUT2D eigenvalue weighted by Crippen LogP contribution is 2.16. The van der Waals surface area contributed by atoms with Crippen molar-refractivity contribution in [2.45, 2.75) is 26.3 Å². The number of hydrazine groups is 1. The van der Waals surface area contributed by atoms with Crippen LogP contribution in [0.3, 0.4) is 0 Å². The highest BCUT2D eigenvalue weighted by Gasteiger charge is 2.24. The zero-order valence-corrected chi connectivity index (χ0v) is 17.8. The van der Waals surface area contributed by atoms with Gasteiger partial charge in [0.25, 0.3) is 11.1 Å². The summed E-state index contributed by atoms with van der Waals surface area (Å²) < 4.78 is 0. The van der Waals surface area contributed by atoms with E-state index in [2.05, 4.69) is 0 Å². The van der Waals surface area contributed by atoms with Crippen molar-refractivity contribution in [2.24, 2.45) is 5.84 Å². The van der Waals surface area contributed by atoms with Crippen molar-refractivity contribution < 1.29 is 9.59 Å². The first-order valence-electron chi connectivity index (χ1n) is 7.22. The molecular formula is C18H22Cl4N2O2. The van der Waals surface area contributed by atoms with E-state index >= 15 is 0 Å². The molecule has 4 nitrogen and oxygen atoms in total. The third kappa shape index (κ3) is 8.88. The molecule has 0 spiro atoms. The molecule has 0 aliphatic rings. The van der Waals surface area contributed by atoms with E-state index in [4.69, 9.17) is 29.0 Å². The Morgan fingerprint density at radius 1 is 0.923 bits per heavy atom. The Balaban J connectivity index is 0. The number of carbonyl (C=O) groups is 2. The summed E-state index contributed by atoms with van der Waals surface area (Å²) in [5.41, 5.74) is 0.637. The van der Waals surface area contributed by atoms with Gasteiger partial charge in [0.15, 0.2) is 0 Å². The number of rotatable bonds is 2. The fourth-order valence-electron chi connectivity index (χ4n) is 1.63. The Bertz CT molecular complexity index is 704. The van der Waals surface area contributed by atoms with Gasteiger partial charge in [-0.05, 0) is 50.6 Å². The standard InChI is InChI=1S/C11H15ClN2O.C7H5ClO.2ClH/c1-11(2,3)14(13)10(15)8-5-4-6-9(12)7-8;8-7(9)6-4-2-1-3-5-6;;/h4-7H,13H2,1-3H3;1-5H;2*1H. The van der Waals surface area contributed by atoms with Gasteiger partial charge in [-0.15, -0.1) is 24.8 Å². The Hall–Kier alpha value is -1.30. The van der Waals surface area contributed by atoms with E-state index in [0.29, 0.717) is 16.1 Å². The van der Waals surface area contributed by atoms with E-state index in [1.54, 1.807) is 48.5 Å². The van der Waals surface area contributed by atoms with Crippen LogP contribution in [-0.2, 0) is 0 Å². The molecule has 0 saturated carbocycles. The van der Waals surface area contributed by atoms with Crippen LogP contribution in [0.25, 0.3) is 0 Å². The third-order valence-corrected chi connectivity index (χ3v) is 3.47. The monoisotopic (exact) mass is 438 g/mol. The number of carbonyl (C=O) groups excluding carboxylic acids is 2. The zero-order chi connectivity index (χ0) is 18.3. The number of benzene rings is 2. The molecule has 1 amide bonds. The molecule has 8 heteroatoms. The van der Waals surface area contributed by atoms with Crippen LogP contribution in [0.4, 0.5) is 0 Å². The molecule has 0 fully saturated rings. The first kappa shape index (κ1) is 26.9. The summed E-state index contributed by atoms with van der Waals surface area (Å²) in [4.78, 5) is 22.3. The minimum absolute atomic E-state index is 0. The van der Waals surface area contributed by atoms with E-state index in [1.807, 2.05) is 26.8 Å². The van der Waals surface area contributed by atoms with Crippen molar-refractivity contribution in [3.63, 3.8) is 0 Å². The summed E-state index contributed by atoms with van der Waals surface area (Å²) >= 11 is 11.0. The van der Waals surface area contributed by atoms with Crippen LogP contribution in [-0.4, -0.2) is 21.7 Å². The number of nitrogens with two attached hydrogens (primary N) is 1. The second-order valence-electron chi connectivity index (χ2n) is 6.00. The number of amides is 1. The second kappa shape index (κ2) is 12.2. The molecular weight excluding hydrogens is 418 g/mol. The topological polar surface area (TPSA) is 63.4 Å². The van der Waals surface area contributed by atoms with Crippen molar-refractivity contribution in [3.05, 3.63) is 70.7 Å². The van der Waals surface area contributed by atoms with Crippen molar-refractivity contribution in [2.75, 3.05) is 0 Å². The lowest BCUT2D eigenvalue weighted by molar-refractivity contribution is 0.0581. The molecule has 0 bridgehead atoms. The van der Waals surface area contributed by atoms with E-state index in [0.717, 1.165) is 0 Å². The van der Waals surface area contributed by atoms with Crippen LogP contribution >= 0.6 is 48.0 Å². The summed E-state index contributed by atoms with van der Waals surface area (Å²) in [5, 5.41) is 1.33. The van der Waals surface area contributed by atoms with Crippen molar-refractivity contribution in [1.82, 2.24) is 5.01 Å². The summed E-state index contributed by atoms with van der Waals surface area (Å²) in [6.45, 7) is 5.61. The molecule has 26 heavy (non-hydrogen) atoms. The van der Waals surface area contributed by atoms with Gasteiger partial charge in [-0.25, -0.2) is 5.84 Å². The largest absolute Gasteiger partial charge is 0.276 e. The predicted octanol–water partition coefficient (Wildman–Crippen LogP) is 5.36. The predicted molar refractivity (Wildman–Crippen MR) is 113 cm³/mol. The third-order valence-electron chi connectivity index (χ3n) is 3.01. The van der Waals surface area contributed by atoms with Crippen LogP contribution in [0.5, 0.6) is 0 Å². The number of hydrogen-bond donors (Lipinski definition) is 1. The lowest BCUT2D eigenvalue weighted by atomic mass is 10.1. The van der Waals surface area contributed by atoms with Gasteiger partial charge < -0.3 is 0 Å². The molecule has 0 radical (unpaired) electrons.